The molecule has 0 radical (unpaired) electrons. The SMILES string of the molecule is CC(C)N(C)C(=O)C1CCN(C(=O)C2CCN(S(=O)(=O)c3ccccc3)CC2)CC1. The summed E-state index contributed by atoms with van der Waals surface area (Å²) in [6.45, 7) is 5.93. The predicted molar refractivity (Wildman–Crippen MR) is 115 cm³/mol. The van der Waals surface area contributed by atoms with Crippen LogP contribution in [0.2, 0.25) is 0 Å². The Bertz CT molecular complexity index is 840. The first-order valence-corrected chi connectivity index (χ1v) is 12.3. The first-order valence-electron chi connectivity index (χ1n) is 10.8. The van der Waals surface area contributed by atoms with E-state index >= 15 is 0 Å². The maximum Gasteiger partial charge on any atom is 0.243 e. The molecule has 2 aliphatic heterocycles. The summed E-state index contributed by atoms with van der Waals surface area (Å²) in [4.78, 5) is 29.4. The van der Waals surface area contributed by atoms with Gasteiger partial charge in [0.15, 0.2) is 0 Å². The van der Waals surface area contributed by atoms with Crippen molar-refractivity contribution in [2.75, 3.05) is 33.2 Å². The highest BCUT2D eigenvalue weighted by Crippen LogP contribution is 2.27. The van der Waals surface area contributed by atoms with Crippen molar-refractivity contribution in [2.24, 2.45) is 11.8 Å². The highest BCUT2D eigenvalue weighted by atomic mass is 32.2. The number of sulfonamides is 1. The van der Waals surface area contributed by atoms with Crippen LogP contribution in [0.1, 0.15) is 39.5 Å². The van der Waals surface area contributed by atoms with E-state index < -0.39 is 10.0 Å². The molecule has 0 N–H and O–H groups in total. The molecule has 2 fully saturated rings. The molecule has 1 aromatic rings. The lowest BCUT2D eigenvalue weighted by Crippen LogP contribution is -2.48. The third-order valence-electron chi connectivity index (χ3n) is 6.46. The fraction of sp³-hybridized carbons (Fsp3) is 0.636. The number of hydrogen-bond acceptors (Lipinski definition) is 4. The van der Waals surface area contributed by atoms with Crippen LogP contribution < -0.4 is 0 Å². The summed E-state index contributed by atoms with van der Waals surface area (Å²) in [5.74, 6) is 0.114. The van der Waals surface area contributed by atoms with Crippen LogP contribution in [0.5, 0.6) is 0 Å². The van der Waals surface area contributed by atoms with Crippen LogP contribution in [0.4, 0.5) is 0 Å². The van der Waals surface area contributed by atoms with E-state index in [0.29, 0.717) is 56.8 Å². The van der Waals surface area contributed by atoms with Gasteiger partial charge in [-0.25, -0.2) is 8.42 Å². The smallest absolute Gasteiger partial charge is 0.243 e. The molecule has 1 aromatic carbocycles. The van der Waals surface area contributed by atoms with Crippen molar-refractivity contribution in [1.29, 1.82) is 0 Å². The molecule has 0 bridgehead atoms. The topological polar surface area (TPSA) is 78.0 Å². The van der Waals surface area contributed by atoms with Crippen LogP contribution in [0, 0.1) is 11.8 Å². The molecule has 7 nitrogen and oxygen atoms in total. The minimum absolute atomic E-state index is 0.0145. The van der Waals surface area contributed by atoms with Crippen LogP contribution >= 0.6 is 0 Å². The molecule has 0 aromatic heterocycles. The molecule has 3 rings (SSSR count). The molecule has 2 saturated heterocycles. The maximum atomic E-state index is 13.0. The van der Waals surface area contributed by atoms with Crippen LogP contribution in [-0.2, 0) is 19.6 Å². The molecular weight excluding hydrogens is 402 g/mol. The third-order valence-corrected chi connectivity index (χ3v) is 8.38. The molecule has 2 amide bonds. The van der Waals surface area contributed by atoms with Gasteiger partial charge in [0.2, 0.25) is 21.8 Å². The lowest BCUT2D eigenvalue weighted by Gasteiger charge is -2.37. The molecule has 0 unspecified atom stereocenters. The number of piperidine rings is 2. The molecule has 166 valence electrons. The number of likely N-dealkylation sites (tertiary alicyclic amines) is 1. The number of benzene rings is 1. The van der Waals surface area contributed by atoms with Gasteiger partial charge in [-0.3, -0.25) is 9.59 Å². The van der Waals surface area contributed by atoms with Crippen molar-refractivity contribution in [2.45, 2.75) is 50.5 Å². The summed E-state index contributed by atoms with van der Waals surface area (Å²) in [6, 6.07) is 8.62. The van der Waals surface area contributed by atoms with Crippen LogP contribution in [-0.4, -0.2) is 73.6 Å². The minimum atomic E-state index is -3.50. The predicted octanol–water partition coefficient (Wildman–Crippen LogP) is 2.19. The quantitative estimate of drug-likeness (QED) is 0.710. The zero-order valence-corrected chi connectivity index (χ0v) is 19.0. The third kappa shape index (κ3) is 4.86. The summed E-state index contributed by atoms with van der Waals surface area (Å²) in [5, 5.41) is 0. The number of carbonyl (C=O) groups is 2. The van der Waals surface area contributed by atoms with E-state index in [2.05, 4.69) is 0 Å². The standard InChI is InChI=1S/C22H33N3O4S/c1-17(2)23(3)21(26)18-9-13-24(14-10-18)22(27)19-11-15-25(16-12-19)30(28,29)20-7-5-4-6-8-20/h4-8,17-19H,9-16H2,1-3H3. The Labute approximate surface area is 180 Å². The molecule has 0 saturated carbocycles. The molecule has 30 heavy (non-hydrogen) atoms. The van der Waals surface area contributed by atoms with Crippen LogP contribution in [0.3, 0.4) is 0 Å². The van der Waals surface area contributed by atoms with E-state index in [9.17, 15) is 18.0 Å². The summed E-state index contributed by atoms with van der Waals surface area (Å²) in [5.41, 5.74) is 0. The van der Waals surface area contributed by atoms with Crippen molar-refractivity contribution >= 4 is 21.8 Å². The largest absolute Gasteiger partial charge is 0.343 e. The highest BCUT2D eigenvalue weighted by Gasteiger charge is 2.36. The highest BCUT2D eigenvalue weighted by molar-refractivity contribution is 7.89. The molecular formula is C22H33N3O4S. The number of rotatable bonds is 5. The average molecular weight is 436 g/mol. The van der Waals surface area contributed by atoms with Gasteiger partial charge in [0.1, 0.15) is 0 Å². The second kappa shape index (κ2) is 9.47. The van der Waals surface area contributed by atoms with Crippen molar-refractivity contribution in [1.82, 2.24) is 14.1 Å². The normalized spacial score (nSPS) is 19.8. The summed E-state index contributed by atoms with van der Waals surface area (Å²) < 4.78 is 27.0. The van der Waals surface area contributed by atoms with Crippen molar-refractivity contribution in [3.63, 3.8) is 0 Å². The fourth-order valence-corrected chi connectivity index (χ4v) is 5.72. The number of amides is 2. The Morgan fingerprint density at radius 3 is 2.00 bits per heavy atom. The zero-order chi connectivity index (χ0) is 21.9. The van der Waals surface area contributed by atoms with E-state index in [4.69, 9.17) is 0 Å². The first-order chi connectivity index (χ1) is 14.2. The van der Waals surface area contributed by atoms with E-state index in [-0.39, 0.29) is 29.7 Å². The molecule has 0 spiro atoms. The number of nitrogens with zero attached hydrogens (tertiary/aromatic N) is 3. The van der Waals surface area contributed by atoms with E-state index in [0.717, 1.165) is 0 Å². The lowest BCUT2D eigenvalue weighted by atomic mass is 9.92. The second-order valence-electron chi connectivity index (χ2n) is 8.63. The summed E-state index contributed by atoms with van der Waals surface area (Å²) >= 11 is 0. The summed E-state index contributed by atoms with van der Waals surface area (Å²) in [6.07, 6.45) is 2.48. The molecule has 2 heterocycles. The van der Waals surface area contributed by atoms with Crippen LogP contribution in [0.25, 0.3) is 0 Å². The number of hydrogen-bond donors (Lipinski definition) is 0. The molecule has 2 aliphatic rings. The van der Waals surface area contributed by atoms with Gasteiger partial charge >= 0.3 is 0 Å². The van der Waals surface area contributed by atoms with Crippen LogP contribution in [0.15, 0.2) is 35.2 Å². The minimum Gasteiger partial charge on any atom is -0.343 e. The Hall–Kier alpha value is -1.93. The molecule has 0 atom stereocenters. The van der Waals surface area contributed by atoms with Crippen molar-refractivity contribution in [3.8, 4) is 0 Å². The second-order valence-corrected chi connectivity index (χ2v) is 10.6. The molecule has 0 aliphatic carbocycles. The van der Waals surface area contributed by atoms with E-state index in [1.807, 2.05) is 25.8 Å². The Balaban J connectivity index is 1.51. The average Bonchev–Trinajstić information content (AvgIpc) is 2.78. The van der Waals surface area contributed by atoms with Crippen molar-refractivity contribution < 1.29 is 18.0 Å². The first kappa shape index (κ1) is 22.7. The molecule has 8 heteroatoms. The zero-order valence-electron chi connectivity index (χ0n) is 18.2. The van der Waals surface area contributed by atoms with Gasteiger partial charge in [0.25, 0.3) is 0 Å². The van der Waals surface area contributed by atoms with Gasteiger partial charge in [-0.2, -0.15) is 4.31 Å². The van der Waals surface area contributed by atoms with E-state index in [1.54, 1.807) is 35.2 Å². The van der Waals surface area contributed by atoms with Crippen molar-refractivity contribution in [3.05, 3.63) is 30.3 Å². The Morgan fingerprint density at radius 2 is 1.47 bits per heavy atom. The monoisotopic (exact) mass is 435 g/mol. The van der Waals surface area contributed by atoms with Gasteiger partial charge in [-0.05, 0) is 51.7 Å². The fourth-order valence-electron chi connectivity index (χ4n) is 4.23. The lowest BCUT2D eigenvalue weighted by molar-refractivity contribution is -0.143. The van der Waals surface area contributed by atoms with Gasteiger partial charge in [0, 0.05) is 51.1 Å². The van der Waals surface area contributed by atoms with Gasteiger partial charge < -0.3 is 9.80 Å². The summed E-state index contributed by atoms with van der Waals surface area (Å²) in [7, 11) is -1.67. The number of carbonyl (C=O) groups excluding carboxylic acids is 2. The van der Waals surface area contributed by atoms with E-state index in [1.165, 1.54) is 4.31 Å². The van der Waals surface area contributed by atoms with Gasteiger partial charge in [0.05, 0.1) is 4.90 Å². The Morgan fingerprint density at radius 1 is 0.933 bits per heavy atom. The Kier molecular flexibility index (Phi) is 7.18. The van der Waals surface area contributed by atoms with Gasteiger partial charge in [-0.1, -0.05) is 18.2 Å². The maximum absolute atomic E-state index is 13.0. The van der Waals surface area contributed by atoms with Gasteiger partial charge in [-0.15, -0.1) is 0 Å².